The first-order chi connectivity index (χ1) is 16.0. The van der Waals surface area contributed by atoms with Gasteiger partial charge in [0, 0.05) is 11.5 Å². The van der Waals surface area contributed by atoms with Gasteiger partial charge >= 0.3 is 0 Å². The van der Waals surface area contributed by atoms with Crippen molar-refractivity contribution in [3.8, 4) is 34.4 Å². The van der Waals surface area contributed by atoms with Crippen LogP contribution in [0.3, 0.4) is 0 Å². The maximum absolute atomic E-state index is 13.3. The fourth-order valence-electron chi connectivity index (χ4n) is 4.01. The molecule has 10 heteroatoms. The largest absolute Gasteiger partial charge is 0.854 e. The molecule has 0 fully saturated rings. The zero-order chi connectivity index (χ0) is 23.7. The number of rotatable bonds is 6. The number of hydrogen-bond donors (Lipinski definition) is 0. The number of amides is 1. The number of ether oxygens (including phenoxy) is 3. The van der Waals surface area contributed by atoms with Gasteiger partial charge in [-0.1, -0.05) is 35.5 Å². The fraction of sp³-hybridized carbons (Fsp3) is 0.304. The number of aromatic nitrogens is 3. The van der Waals surface area contributed by atoms with Crippen LogP contribution in [0.15, 0.2) is 41.6 Å². The molecule has 0 radical (unpaired) electrons. The zero-order valence-electron chi connectivity index (χ0n) is 19.0. The standard InChI is InChI=1S/C23H24N4O5S/c1-6-18(28)26-15-10-8-7-9-14(15)19-21(29)24-23(33-5)25-27(19)22(26)13-11-16(30-2)20(32-4)17(12-13)31-3/h7-12,22H,6H2,1-5H3. The third-order valence-electron chi connectivity index (χ3n) is 5.46. The molecule has 2 aromatic carbocycles. The first-order valence-electron chi connectivity index (χ1n) is 10.2. The summed E-state index contributed by atoms with van der Waals surface area (Å²) in [7, 11) is 4.57. The van der Waals surface area contributed by atoms with Crippen LogP contribution >= 0.6 is 11.8 Å². The third kappa shape index (κ3) is 3.70. The summed E-state index contributed by atoms with van der Waals surface area (Å²) in [6, 6.07) is 10.8. The molecule has 1 aliphatic heterocycles. The second kappa shape index (κ2) is 9.14. The molecule has 0 saturated heterocycles. The minimum atomic E-state index is -0.766. The SMILES string of the molecule is CCC(=O)N1c2ccccc2-c2c([O-])nc(SC)n[n+]2C1c1cc(OC)c(OC)c(OC)c1. The molecule has 1 unspecified atom stereocenters. The number of benzene rings is 2. The molecule has 172 valence electrons. The Morgan fingerprint density at radius 2 is 1.82 bits per heavy atom. The van der Waals surface area contributed by atoms with E-state index in [1.807, 2.05) is 18.2 Å². The molecule has 1 aromatic heterocycles. The van der Waals surface area contributed by atoms with Crippen LogP contribution in [-0.4, -0.2) is 43.6 Å². The van der Waals surface area contributed by atoms with E-state index in [-0.39, 0.29) is 12.3 Å². The maximum Gasteiger partial charge on any atom is 0.293 e. The van der Waals surface area contributed by atoms with E-state index in [1.54, 1.807) is 41.0 Å². The van der Waals surface area contributed by atoms with Gasteiger partial charge in [0.1, 0.15) is 0 Å². The summed E-state index contributed by atoms with van der Waals surface area (Å²) in [6.07, 6.45) is 1.29. The summed E-state index contributed by atoms with van der Waals surface area (Å²) in [5.74, 6) is 0.742. The number of fused-ring (bicyclic) bond motifs is 3. The van der Waals surface area contributed by atoms with E-state index in [9.17, 15) is 9.90 Å². The Morgan fingerprint density at radius 1 is 1.15 bits per heavy atom. The molecule has 0 saturated carbocycles. The van der Waals surface area contributed by atoms with Crippen LogP contribution in [0.2, 0.25) is 0 Å². The predicted molar refractivity (Wildman–Crippen MR) is 121 cm³/mol. The molecule has 1 atom stereocenters. The number of thioether (sulfide) groups is 1. The third-order valence-corrected chi connectivity index (χ3v) is 5.99. The molecular formula is C23H24N4O5S. The minimum Gasteiger partial charge on any atom is -0.854 e. The lowest BCUT2D eigenvalue weighted by molar-refractivity contribution is -0.764. The van der Waals surface area contributed by atoms with Gasteiger partial charge in [-0.3, -0.25) is 4.79 Å². The first-order valence-corrected chi connectivity index (χ1v) is 11.5. The van der Waals surface area contributed by atoms with E-state index in [1.165, 1.54) is 33.1 Å². The Balaban J connectivity index is 2.09. The molecule has 4 rings (SSSR count). The summed E-state index contributed by atoms with van der Waals surface area (Å²) in [4.78, 5) is 19.1. The highest BCUT2D eigenvalue weighted by atomic mass is 32.2. The van der Waals surface area contributed by atoms with Crippen molar-refractivity contribution in [3.63, 3.8) is 0 Å². The van der Waals surface area contributed by atoms with E-state index < -0.39 is 12.0 Å². The van der Waals surface area contributed by atoms with Gasteiger partial charge < -0.3 is 19.3 Å². The van der Waals surface area contributed by atoms with Gasteiger partial charge in [-0.05, 0) is 30.5 Å². The molecular weight excluding hydrogens is 444 g/mol. The molecule has 1 aliphatic rings. The normalized spacial score (nSPS) is 14.3. The molecule has 9 nitrogen and oxygen atoms in total. The Kier molecular flexibility index (Phi) is 6.28. The number of hydrogen-bond acceptors (Lipinski definition) is 8. The average molecular weight is 469 g/mol. The van der Waals surface area contributed by atoms with Gasteiger partial charge in [-0.25, -0.2) is 9.88 Å². The number of anilines is 1. The Labute approximate surface area is 195 Å². The van der Waals surface area contributed by atoms with E-state index >= 15 is 0 Å². The lowest BCUT2D eigenvalue weighted by Crippen LogP contribution is -2.59. The van der Waals surface area contributed by atoms with Crippen LogP contribution in [0.1, 0.15) is 25.1 Å². The number of carbonyl (C=O) groups excluding carboxylic acids is 1. The molecule has 0 aliphatic carbocycles. The fourth-order valence-corrected chi connectivity index (χ4v) is 4.36. The van der Waals surface area contributed by atoms with Crippen molar-refractivity contribution in [2.75, 3.05) is 32.5 Å². The van der Waals surface area contributed by atoms with Gasteiger partial charge in [0.15, 0.2) is 11.5 Å². The lowest BCUT2D eigenvalue weighted by atomic mass is 10.0. The smallest absolute Gasteiger partial charge is 0.293 e. The topological polar surface area (TPSA) is 101 Å². The first kappa shape index (κ1) is 22.7. The van der Waals surface area contributed by atoms with Crippen LogP contribution < -0.4 is 28.9 Å². The second-order valence-electron chi connectivity index (χ2n) is 7.16. The van der Waals surface area contributed by atoms with Gasteiger partial charge in [0.05, 0.1) is 44.0 Å². The summed E-state index contributed by atoms with van der Waals surface area (Å²) in [5, 5.41) is 18.1. The van der Waals surface area contributed by atoms with Crippen molar-refractivity contribution >= 4 is 23.4 Å². The molecule has 1 amide bonds. The molecule has 0 spiro atoms. The van der Waals surface area contributed by atoms with E-state index in [0.29, 0.717) is 44.9 Å². The van der Waals surface area contributed by atoms with E-state index in [0.717, 1.165) is 0 Å². The highest BCUT2D eigenvalue weighted by molar-refractivity contribution is 7.98. The van der Waals surface area contributed by atoms with Crippen molar-refractivity contribution in [1.82, 2.24) is 10.1 Å². The maximum atomic E-state index is 13.3. The zero-order valence-corrected chi connectivity index (χ0v) is 19.8. The average Bonchev–Trinajstić information content (AvgIpc) is 2.85. The van der Waals surface area contributed by atoms with Crippen LogP contribution in [0.25, 0.3) is 11.3 Å². The van der Waals surface area contributed by atoms with Crippen molar-refractivity contribution in [2.24, 2.45) is 0 Å². The minimum absolute atomic E-state index is 0.129. The van der Waals surface area contributed by atoms with E-state index in [4.69, 9.17) is 14.2 Å². The summed E-state index contributed by atoms with van der Waals surface area (Å²) < 4.78 is 18.1. The molecule has 33 heavy (non-hydrogen) atoms. The Morgan fingerprint density at radius 3 is 2.39 bits per heavy atom. The Hall–Kier alpha value is -3.53. The van der Waals surface area contributed by atoms with Crippen molar-refractivity contribution in [3.05, 3.63) is 42.0 Å². The molecule has 0 N–H and O–H groups in total. The molecule has 3 aromatic rings. The summed E-state index contributed by atoms with van der Waals surface area (Å²) >= 11 is 1.26. The molecule has 0 bridgehead atoms. The second-order valence-corrected chi connectivity index (χ2v) is 7.94. The van der Waals surface area contributed by atoms with Crippen LogP contribution in [0.4, 0.5) is 5.69 Å². The lowest BCUT2D eigenvalue weighted by Gasteiger charge is -2.33. The van der Waals surface area contributed by atoms with Gasteiger partial charge in [-0.15, -0.1) is 0 Å². The quantitative estimate of drug-likeness (QED) is 0.402. The number of methoxy groups -OCH3 is 3. The van der Waals surface area contributed by atoms with Gasteiger partial charge in [0.2, 0.25) is 11.7 Å². The summed E-state index contributed by atoms with van der Waals surface area (Å²) in [5.41, 5.74) is 2.15. The highest BCUT2D eigenvalue weighted by Crippen LogP contribution is 2.45. The van der Waals surface area contributed by atoms with Crippen LogP contribution in [-0.2, 0) is 4.79 Å². The van der Waals surface area contributed by atoms with Gasteiger partial charge in [-0.2, -0.15) is 0 Å². The number of carbonyl (C=O) groups is 1. The van der Waals surface area contributed by atoms with Crippen molar-refractivity contribution in [2.45, 2.75) is 24.7 Å². The van der Waals surface area contributed by atoms with Crippen molar-refractivity contribution in [1.29, 1.82) is 0 Å². The van der Waals surface area contributed by atoms with Crippen LogP contribution in [0.5, 0.6) is 23.1 Å². The molecule has 2 heterocycles. The summed E-state index contributed by atoms with van der Waals surface area (Å²) in [6.45, 7) is 1.80. The monoisotopic (exact) mass is 468 g/mol. The van der Waals surface area contributed by atoms with Crippen molar-refractivity contribution < 1.29 is 28.8 Å². The predicted octanol–water partition coefficient (Wildman–Crippen LogP) is 2.56. The number of nitrogens with zero attached hydrogens (tertiary/aromatic N) is 4. The van der Waals surface area contributed by atoms with Gasteiger partial charge in [0.25, 0.3) is 17.0 Å². The Bertz CT molecular complexity index is 1190. The van der Waals surface area contributed by atoms with Crippen LogP contribution in [0, 0.1) is 0 Å². The highest BCUT2D eigenvalue weighted by Gasteiger charge is 2.45. The van der Waals surface area contributed by atoms with E-state index in [2.05, 4.69) is 10.1 Å². The number of para-hydroxylation sites is 1.